The summed E-state index contributed by atoms with van der Waals surface area (Å²) in [5.74, 6) is -0.683. The maximum Gasteiger partial charge on any atom is 0.248 e. The molecule has 7 nitrogen and oxygen atoms in total. The number of amides is 2. The van der Waals surface area contributed by atoms with Gasteiger partial charge in [-0.15, -0.1) is 0 Å². The lowest BCUT2D eigenvalue weighted by Crippen LogP contribution is -2.31. The summed E-state index contributed by atoms with van der Waals surface area (Å²) in [5, 5.41) is 10.2. The van der Waals surface area contributed by atoms with E-state index in [9.17, 15) is 9.59 Å². The van der Waals surface area contributed by atoms with Gasteiger partial charge in [0.05, 0.1) is 6.54 Å². The highest BCUT2D eigenvalue weighted by atomic mass is 16.2. The zero-order valence-electron chi connectivity index (χ0n) is 14.9. The Morgan fingerprint density at radius 3 is 2.56 bits per heavy atom. The van der Waals surface area contributed by atoms with E-state index in [1.54, 1.807) is 37.4 Å². The minimum absolute atomic E-state index is 0.181. The molecule has 0 saturated carbocycles. The van der Waals surface area contributed by atoms with Gasteiger partial charge in [0.25, 0.3) is 0 Å². The fraction of sp³-hybridized carbons (Fsp3) is 0.150. The number of aromatic nitrogens is 2. The van der Waals surface area contributed by atoms with Crippen molar-refractivity contribution in [1.82, 2.24) is 9.78 Å². The van der Waals surface area contributed by atoms with E-state index in [1.807, 2.05) is 41.2 Å². The first-order valence-electron chi connectivity index (χ1n) is 8.55. The topological polar surface area (TPSA) is 102 Å². The standard InChI is InChI=1S/C20H21N5O2/c1-14(20(27)24-17-8-6-16(7-9-17)19(21)26)23-18-5-2-4-15(12-18)13-25-11-3-10-22-25/h2-12,14,23H,13H2,1H3,(H2,21,26)(H,24,27)/t14-/m1/s1. The number of nitrogens with one attached hydrogen (secondary N) is 2. The molecule has 0 aliphatic rings. The molecule has 0 unspecified atom stereocenters. The van der Waals surface area contributed by atoms with Gasteiger partial charge in [-0.25, -0.2) is 0 Å². The van der Waals surface area contributed by atoms with E-state index in [0.717, 1.165) is 11.3 Å². The molecular formula is C20H21N5O2. The molecule has 27 heavy (non-hydrogen) atoms. The predicted octanol–water partition coefficient (Wildman–Crippen LogP) is 2.47. The van der Waals surface area contributed by atoms with Gasteiger partial charge in [0.15, 0.2) is 0 Å². The number of hydrogen-bond donors (Lipinski definition) is 3. The van der Waals surface area contributed by atoms with E-state index >= 15 is 0 Å². The number of primary amides is 1. The van der Waals surface area contributed by atoms with Crippen LogP contribution < -0.4 is 16.4 Å². The molecule has 0 spiro atoms. The van der Waals surface area contributed by atoms with Crippen molar-refractivity contribution in [2.24, 2.45) is 5.73 Å². The second-order valence-electron chi connectivity index (χ2n) is 6.20. The van der Waals surface area contributed by atoms with Crippen LogP contribution in [-0.2, 0) is 11.3 Å². The quantitative estimate of drug-likeness (QED) is 0.600. The molecule has 2 amide bonds. The highest BCUT2D eigenvalue weighted by molar-refractivity contribution is 5.97. The predicted molar refractivity (Wildman–Crippen MR) is 104 cm³/mol. The van der Waals surface area contributed by atoms with Crippen LogP contribution in [0.15, 0.2) is 67.0 Å². The molecular weight excluding hydrogens is 342 g/mol. The molecule has 0 fully saturated rings. The lowest BCUT2D eigenvalue weighted by molar-refractivity contribution is -0.116. The number of carbonyl (C=O) groups excluding carboxylic acids is 2. The second kappa shape index (κ2) is 8.18. The third-order valence-corrected chi connectivity index (χ3v) is 4.04. The number of benzene rings is 2. The number of carbonyl (C=O) groups is 2. The molecule has 0 saturated heterocycles. The molecule has 1 aromatic heterocycles. The van der Waals surface area contributed by atoms with Gasteiger partial charge >= 0.3 is 0 Å². The Morgan fingerprint density at radius 2 is 1.89 bits per heavy atom. The number of hydrogen-bond acceptors (Lipinski definition) is 4. The van der Waals surface area contributed by atoms with Crippen LogP contribution in [0.1, 0.15) is 22.8 Å². The van der Waals surface area contributed by atoms with Gasteiger partial charge in [0.2, 0.25) is 11.8 Å². The lowest BCUT2D eigenvalue weighted by Gasteiger charge is -2.16. The monoisotopic (exact) mass is 363 g/mol. The van der Waals surface area contributed by atoms with Crippen molar-refractivity contribution in [3.8, 4) is 0 Å². The summed E-state index contributed by atoms with van der Waals surface area (Å²) < 4.78 is 1.84. The van der Waals surface area contributed by atoms with E-state index in [-0.39, 0.29) is 5.91 Å². The van der Waals surface area contributed by atoms with Crippen LogP contribution >= 0.6 is 0 Å². The first-order valence-corrected chi connectivity index (χ1v) is 8.55. The van der Waals surface area contributed by atoms with Crippen molar-refractivity contribution in [2.75, 3.05) is 10.6 Å². The van der Waals surface area contributed by atoms with E-state index in [2.05, 4.69) is 15.7 Å². The van der Waals surface area contributed by atoms with Gasteiger partial charge in [0.1, 0.15) is 6.04 Å². The molecule has 4 N–H and O–H groups in total. The number of nitrogens with zero attached hydrogens (tertiary/aromatic N) is 2. The van der Waals surface area contributed by atoms with Crippen LogP contribution in [0.4, 0.5) is 11.4 Å². The summed E-state index contributed by atoms with van der Waals surface area (Å²) in [6.45, 7) is 2.45. The summed E-state index contributed by atoms with van der Waals surface area (Å²) in [6, 6.07) is 15.7. The highest BCUT2D eigenvalue weighted by Gasteiger charge is 2.13. The van der Waals surface area contributed by atoms with Crippen molar-refractivity contribution in [1.29, 1.82) is 0 Å². The summed E-state index contributed by atoms with van der Waals surface area (Å²) in [7, 11) is 0. The van der Waals surface area contributed by atoms with Gasteiger partial charge in [-0.3, -0.25) is 14.3 Å². The van der Waals surface area contributed by atoms with Gasteiger partial charge in [-0.2, -0.15) is 5.10 Å². The number of anilines is 2. The second-order valence-corrected chi connectivity index (χ2v) is 6.20. The Morgan fingerprint density at radius 1 is 1.11 bits per heavy atom. The minimum Gasteiger partial charge on any atom is -0.374 e. The van der Waals surface area contributed by atoms with E-state index in [1.165, 1.54) is 0 Å². The van der Waals surface area contributed by atoms with Crippen molar-refractivity contribution in [2.45, 2.75) is 19.5 Å². The van der Waals surface area contributed by atoms with Crippen molar-refractivity contribution < 1.29 is 9.59 Å². The van der Waals surface area contributed by atoms with E-state index in [4.69, 9.17) is 5.73 Å². The van der Waals surface area contributed by atoms with Crippen LogP contribution in [0.25, 0.3) is 0 Å². The minimum atomic E-state index is -0.502. The number of rotatable bonds is 7. The summed E-state index contributed by atoms with van der Waals surface area (Å²) in [5.41, 5.74) is 8.15. The molecule has 0 bridgehead atoms. The van der Waals surface area contributed by atoms with E-state index in [0.29, 0.717) is 17.8 Å². The smallest absolute Gasteiger partial charge is 0.248 e. The molecule has 3 aromatic rings. The maximum atomic E-state index is 12.4. The number of nitrogens with two attached hydrogens (primary N) is 1. The van der Waals surface area contributed by atoms with Gasteiger partial charge in [-0.1, -0.05) is 12.1 Å². The highest BCUT2D eigenvalue weighted by Crippen LogP contribution is 2.14. The van der Waals surface area contributed by atoms with Gasteiger partial charge in [-0.05, 0) is 55.0 Å². The Hall–Kier alpha value is -3.61. The Labute approximate surface area is 157 Å². The largest absolute Gasteiger partial charge is 0.374 e. The van der Waals surface area contributed by atoms with Crippen molar-refractivity contribution in [3.63, 3.8) is 0 Å². The SMILES string of the molecule is C[C@@H](Nc1cccc(Cn2cccn2)c1)C(=O)Nc1ccc(C(N)=O)cc1. The zero-order valence-corrected chi connectivity index (χ0v) is 14.9. The lowest BCUT2D eigenvalue weighted by atomic mass is 10.1. The Bertz CT molecular complexity index is 920. The molecule has 0 aliphatic heterocycles. The van der Waals surface area contributed by atoms with Crippen LogP contribution in [-0.4, -0.2) is 27.6 Å². The molecule has 1 heterocycles. The molecule has 2 aromatic carbocycles. The maximum absolute atomic E-state index is 12.4. The average Bonchev–Trinajstić information content (AvgIpc) is 3.15. The van der Waals surface area contributed by atoms with E-state index < -0.39 is 11.9 Å². The summed E-state index contributed by atoms with van der Waals surface area (Å²) >= 11 is 0. The summed E-state index contributed by atoms with van der Waals surface area (Å²) in [6.07, 6.45) is 3.64. The van der Waals surface area contributed by atoms with Crippen LogP contribution in [0, 0.1) is 0 Å². The van der Waals surface area contributed by atoms with Crippen LogP contribution in [0.2, 0.25) is 0 Å². The zero-order chi connectivity index (χ0) is 19.2. The normalized spacial score (nSPS) is 11.6. The van der Waals surface area contributed by atoms with Crippen molar-refractivity contribution >= 4 is 23.2 Å². The first kappa shape index (κ1) is 18.2. The Balaban J connectivity index is 1.60. The molecule has 0 aliphatic carbocycles. The molecule has 1 atom stereocenters. The molecule has 138 valence electrons. The fourth-order valence-electron chi connectivity index (χ4n) is 2.62. The third-order valence-electron chi connectivity index (χ3n) is 4.04. The molecule has 0 radical (unpaired) electrons. The first-order chi connectivity index (χ1) is 13.0. The Kier molecular flexibility index (Phi) is 5.51. The third kappa shape index (κ3) is 4.94. The van der Waals surface area contributed by atoms with Crippen molar-refractivity contribution in [3.05, 3.63) is 78.1 Å². The molecule has 7 heteroatoms. The average molecular weight is 363 g/mol. The van der Waals surface area contributed by atoms with Crippen LogP contribution in [0.3, 0.4) is 0 Å². The van der Waals surface area contributed by atoms with Gasteiger partial charge in [0, 0.05) is 29.3 Å². The summed E-state index contributed by atoms with van der Waals surface area (Å²) in [4.78, 5) is 23.5. The molecule has 3 rings (SSSR count). The van der Waals surface area contributed by atoms with Gasteiger partial charge < -0.3 is 16.4 Å². The fourth-order valence-corrected chi connectivity index (χ4v) is 2.62. The van der Waals surface area contributed by atoms with Crippen LogP contribution in [0.5, 0.6) is 0 Å².